The maximum absolute atomic E-state index is 11.9. The second-order valence-corrected chi connectivity index (χ2v) is 4.96. The minimum absolute atomic E-state index is 0.0638. The highest BCUT2D eigenvalue weighted by atomic mass is 16.4. The van der Waals surface area contributed by atoms with Gasteiger partial charge in [0.2, 0.25) is 0 Å². The zero-order valence-electron chi connectivity index (χ0n) is 11.1. The van der Waals surface area contributed by atoms with Gasteiger partial charge in [-0.1, -0.05) is 0 Å². The van der Waals surface area contributed by atoms with Gasteiger partial charge >= 0.3 is 18.0 Å². The first-order valence-corrected chi connectivity index (χ1v) is 6.30. The van der Waals surface area contributed by atoms with E-state index in [0.717, 1.165) is 12.8 Å². The molecule has 0 aromatic rings. The first-order valence-electron chi connectivity index (χ1n) is 6.30. The standard InChI is InChI=1S/C12H20N2O5/c1-7(8-3-4-8)14(2)12(19)13-9(11(17)18)5-6-10(15)16/h7-9H,3-6H2,1-2H3,(H,13,19)(H,15,16)(H,17,18). The van der Waals surface area contributed by atoms with E-state index in [-0.39, 0.29) is 18.9 Å². The molecule has 108 valence electrons. The summed E-state index contributed by atoms with van der Waals surface area (Å²) in [5.41, 5.74) is 0. The molecule has 1 aliphatic rings. The van der Waals surface area contributed by atoms with Gasteiger partial charge in [0.15, 0.2) is 0 Å². The summed E-state index contributed by atoms with van der Waals surface area (Å²) in [7, 11) is 1.62. The zero-order valence-corrected chi connectivity index (χ0v) is 11.1. The highest BCUT2D eigenvalue weighted by Crippen LogP contribution is 2.34. The lowest BCUT2D eigenvalue weighted by atomic mass is 10.1. The molecular formula is C12H20N2O5. The summed E-state index contributed by atoms with van der Waals surface area (Å²) < 4.78 is 0. The SMILES string of the molecule is CC(C1CC1)N(C)C(=O)NC(CCC(=O)O)C(=O)O. The Morgan fingerprint density at radius 3 is 2.32 bits per heavy atom. The number of carboxylic acids is 2. The highest BCUT2D eigenvalue weighted by molar-refractivity contribution is 5.83. The minimum atomic E-state index is -1.22. The van der Waals surface area contributed by atoms with Gasteiger partial charge in [0.05, 0.1) is 0 Å². The minimum Gasteiger partial charge on any atom is -0.481 e. The average Bonchev–Trinajstić information content (AvgIpc) is 3.15. The van der Waals surface area contributed by atoms with Gasteiger partial charge in [-0.05, 0) is 32.1 Å². The van der Waals surface area contributed by atoms with Crippen molar-refractivity contribution in [2.24, 2.45) is 5.92 Å². The van der Waals surface area contributed by atoms with Crippen molar-refractivity contribution < 1.29 is 24.6 Å². The Hall–Kier alpha value is -1.79. The van der Waals surface area contributed by atoms with E-state index in [0.29, 0.717) is 5.92 Å². The number of nitrogens with one attached hydrogen (secondary N) is 1. The summed E-state index contributed by atoms with van der Waals surface area (Å²) in [6.45, 7) is 1.92. The average molecular weight is 272 g/mol. The second-order valence-electron chi connectivity index (χ2n) is 4.96. The van der Waals surface area contributed by atoms with Gasteiger partial charge in [-0.3, -0.25) is 4.79 Å². The van der Waals surface area contributed by atoms with E-state index >= 15 is 0 Å². The summed E-state index contributed by atoms with van der Waals surface area (Å²) in [6.07, 6.45) is 1.75. The molecule has 0 radical (unpaired) electrons. The molecule has 0 heterocycles. The maximum Gasteiger partial charge on any atom is 0.326 e. The van der Waals surface area contributed by atoms with Crippen LogP contribution in [0.5, 0.6) is 0 Å². The number of carbonyl (C=O) groups excluding carboxylic acids is 1. The van der Waals surface area contributed by atoms with Crippen molar-refractivity contribution in [3.63, 3.8) is 0 Å². The van der Waals surface area contributed by atoms with E-state index in [1.54, 1.807) is 7.05 Å². The van der Waals surface area contributed by atoms with Crippen LogP contribution in [0.4, 0.5) is 4.79 Å². The molecule has 0 aromatic carbocycles. The van der Waals surface area contributed by atoms with Crippen LogP contribution in [0, 0.1) is 5.92 Å². The van der Waals surface area contributed by atoms with Gasteiger partial charge < -0.3 is 20.4 Å². The molecule has 1 rings (SSSR count). The van der Waals surface area contributed by atoms with Crippen LogP contribution >= 0.6 is 0 Å². The first-order chi connectivity index (χ1) is 8.82. The van der Waals surface area contributed by atoms with Gasteiger partial charge in [0.1, 0.15) is 6.04 Å². The van der Waals surface area contributed by atoms with Crippen molar-refractivity contribution in [3.8, 4) is 0 Å². The topological polar surface area (TPSA) is 107 Å². The fourth-order valence-electron chi connectivity index (χ4n) is 1.86. The van der Waals surface area contributed by atoms with Crippen molar-refractivity contribution in [2.45, 2.75) is 44.7 Å². The van der Waals surface area contributed by atoms with E-state index in [1.807, 2.05) is 6.92 Å². The van der Waals surface area contributed by atoms with Crippen LogP contribution in [-0.4, -0.2) is 52.2 Å². The van der Waals surface area contributed by atoms with Gasteiger partial charge in [-0.25, -0.2) is 9.59 Å². The molecule has 19 heavy (non-hydrogen) atoms. The molecule has 1 saturated carbocycles. The molecule has 0 bridgehead atoms. The molecular weight excluding hydrogens is 252 g/mol. The molecule has 2 atom stereocenters. The molecule has 0 aromatic heterocycles. The number of hydrogen-bond donors (Lipinski definition) is 3. The normalized spacial score (nSPS) is 17.4. The fourth-order valence-corrected chi connectivity index (χ4v) is 1.86. The monoisotopic (exact) mass is 272 g/mol. The van der Waals surface area contributed by atoms with E-state index in [9.17, 15) is 14.4 Å². The molecule has 0 aliphatic heterocycles. The lowest BCUT2D eigenvalue weighted by Gasteiger charge is -2.26. The molecule has 1 fully saturated rings. The number of rotatable bonds is 7. The Balaban J connectivity index is 2.49. The predicted octanol–water partition coefficient (Wildman–Crippen LogP) is 0.744. The lowest BCUT2D eigenvalue weighted by molar-refractivity contribution is -0.140. The van der Waals surface area contributed by atoms with Gasteiger partial charge in [-0.15, -0.1) is 0 Å². The van der Waals surface area contributed by atoms with E-state index in [1.165, 1.54) is 4.90 Å². The number of aliphatic carboxylic acids is 2. The number of nitrogens with zero attached hydrogens (tertiary/aromatic N) is 1. The second kappa shape index (κ2) is 6.40. The summed E-state index contributed by atoms with van der Waals surface area (Å²) in [6, 6.07) is -1.58. The Bertz CT molecular complexity index is 367. The molecule has 3 N–H and O–H groups in total. The molecule has 1 aliphatic carbocycles. The predicted molar refractivity (Wildman–Crippen MR) is 66.8 cm³/mol. The van der Waals surface area contributed by atoms with Crippen LogP contribution in [0.25, 0.3) is 0 Å². The van der Waals surface area contributed by atoms with E-state index in [4.69, 9.17) is 10.2 Å². The summed E-state index contributed by atoms with van der Waals surface area (Å²) in [5.74, 6) is -1.82. The Morgan fingerprint density at radius 2 is 1.89 bits per heavy atom. The van der Waals surface area contributed by atoms with Crippen LogP contribution in [0.3, 0.4) is 0 Å². The molecule has 7 heteroatoms. The van der Waals surface area contributed by atoms with Crippen LogP contribution in [0.2, 0.25) is 0 Å². The Kier molecular flexibility index (Phi) is 5.14. The first kappa shape index (κ1) is 15.3. The third-order valence-corrected chi connectivity index (χ3v) is 3.48. The quantitative estimate of drug-likeness (QED) is 0.633. The van der Waals surface area contributed by atoms with Gasteiger partial charge in [0, 0.05) is 19.5 Å². The van der Waals surface area contributed by atoms with Crippen molar-refractivity contribution >= 4 is 18.0 Å². The lowest BCUT2D eigenvalue weighted by Crippen LogP contribution is -2.49. The van der Waals surface area contributed by atoms with Crippen LogP contribution in [0.15, 0.2) is 0 Å². The largest absolute Gasteiger partial charge is 0.481 e. The number of carboxylic acid groups (broad SMARTS) is 2. The Labute approximate surface area is 111 Å². The highest BCUT2D eigenvalue weighted by Gasteiger charge is 2.33. The number of amides is 2. The van der Waals surface area contributed by atoms with Gasteiger partial charge in [-0.2, -0.15) is 0 Å². The molecule has 2 amide bonds. The summed E-state index contributed by atoms with van der Waals surface area (Å²) in [4.78, 5) is 34.8. The molecule has 0 saturated heterocycles. The van der Waals surface area contributed by atoms with Gasteiger partial charge in [0.25, 0.3) is 0 Å². The van der Waals surface area contributed by atoms with Crippen molar-refractivity contribution in [1.82, 2.24) is 10.2 Å². The fraction of sp³-hybridized carbons (Fsp3) is 0.750. The van der Waals surface area contributed by atoms with E-state index < -0.39 is 24.0 Å². The smallest absolute Gasteiger partial charge is 0.326 e. The van der Waals surface area contributed by atoms with E-state index in [2.05, 4.69) is 5.32 Å². The third kappa shape index (κ3) is 4.76. The van der Waals surface area contributed by atoms with Crippen LogP contribution in [-0.2, 0) is 9.59 Å². The van der Waals surface area contributed by atoms with Crippen molar-refractivity contribution in [1.29, 1.82) is 0 Å². The third-order valence-electron chi connectivity index (χ3n) is 3.48. The van der Waals surface area contributed by atoms with Crippen LogP contribution in [0.1, 0.15) is 32.6 Å². The summed E-state index contributed by atoms with van der Waals surface area (Å²) in [5, 5.41) is 19.9. The van der Waals surface area contributed by atoms with Crippen molar-refractivity contribution in [2.75, 3.05) is 7.05 Å². The zero-order chi connectivity index (χ0) is 14.6. The molecule has 7 nitrogen and oxygen atoms in total. The number of urea groups is 1. The number of carbonyl (C=O) groups is 3. The molecule has 2 unspecified atom stereocenters. The maximum atomic E-state index is 11.9. The van der Waals surface area contributed by atoms with Crippen molar-refractivity contribution in [3.05, 3.63) is 0 Å². The Morgan fingerprint density at radius 1 is 1.32 bits per heavy atom. The van der Waals surface area contributed by atoms with Crippen LogP contribution < -0.4 is 5.32 Å². The number of hydrogen-bond acceptors (Lipinski definition) is 3. The summed E-state index contributed by atoms with van der Waals surface area (Å²) >= 11 is 0. The molecule has 0 spiro atoms.